The van der Waals surface area contributed by atoms with Crippen LogP contribution in [0, 0.1) is 11.8 Å². The Hall–Kier alpha value is -2.73. The van der Waals surface area contributed by atoms with Gasteiger partial charge in [0.2, 0.25) is 23.6 Å². The number of hydrogen-bond donors (Lipinski definition) is 7. The molecule has 0 rings (SSSR count). The van der Waals surface area contributed by atoms with Crippen molar-refractivity contribution in [3.05, 3.63) is 0 Å². The molecule has 0 heterocycles. The maximum atomic E-state index is 12.7. The molecule has 0 spiro atoms. The van der Waals surface area contributed by atoms with E-state index in [-0.39, 0.29) is 24.7 Å². The number of carbonyl (C=O) groups is 5. The van der Waals surface area contributed by atoms with E-state index in [1.807, 2.05) is 6.92 Å². The molecule has 0 saturated heterocycles. The molecule has 0 aliphatic carbocycles. The monoisotopic (exact) mass is 445 g/mol. The lowest BCUT2D eigenvalue weighted by atomic mass is 9.96. The molecule has 5 atom stereocenters. The molecule has 0 aromatic rings. The zero-order chi connectivity index (χ0) is 24.3. The number of nitrogens with one attached hydrogen (secondary N) is 3. The van der Waals surface area contributed by atoms with Crippen LogP contribution in [0.25, 0.3) is 0 Å². The summed E-state index contributed by atoms with van der Waals surface area (Å²) < 4.78 is 0. The van der Waals surface area contributed by atoms with Crippen LogP contribution < -0.4 is 27.4 Å². The van der Waals surface area contributed by atoms with Crippen molar-refractivity contribution >= 4 is 29.6 Å². The fourth-order valence-corrected chi connectivity index (χ4v) is 2.53. The minimum atomic E-state index is -1.47. The molecular formula is C19H35N5O7. The highest BCUT2D eigenvalue weighted by molar-refractivity contribution is 5.94. The summed E-state index contributed by atoms with van der Waals surface area (Å²) in [5.74, 6) is -4.82. The van der Waals surface area contributed by atoms with Crippen LogP contribution in [-0.2, 0) is 24.0 Å². The Bertz CT molecular complexity index is 656. The number of primary amides is 1. The first kappa shape index (κ1) is 28.3. The molecule has 9 N–H and O–H groups in total. The van der Waals surface area contributed by atoms with Gasteiger partial charge in [-0.25, -0.2) is 4.79 Å². The van der Waals surface area contributed by atoms with E-state index in [0.717, 1.165) is 0 Å². The van der Waals surface area contributed by atoms with Crippen molar-refractivity contribution in [1.29, 1.82) is 0 Å². The average molecular weight is 446 g/mol. The Labute approximate surface area is 181 Å². The molecule has 178 valence electrons. The predicted octanol–water partition coefficient (Wildman–Crippen LogP) is -2.19. The largest absolute Gasteiger partial charge is 0.480 e. The van der Waals surface area contributed by atoms with E-state index in [2.05, 4.69) is 16.0 Å². The predicted molar refractivity (Wildman–Crippen MR) is 111 cm³/mol. The number of carbonyl (C=O) groups excluding carboxylic acids is 4. The molecule has 0 aliphatic rings. The Morgan fingerprint density at radius 1 is 0.903 bits per heavy atom. The van der Waals surface area contributed by atoms with Gasteiger partial charge in [-0.1, -0.05) is 34.1 Å². The number of hydrogen-bond acceptors (Lipinski definition) is 7. The van der Waals surface area contributed by atoms with Gasteiger partial charge in [-0.05, 0) is 18.3 Å². The molecule has 4 amide bonds. The molecule has 0 saturated carbocycles. The summed E-state index contributed by atoms with van der Waals surface area (Å²) in [6.45, 7) is 6.24. The lowest BCUT2D eigenvalue weighted by Gasteiger charge is -2.28. The molecular weight excluding hydrogens is 410 g/mol. The maximum Gasteiger partial charge on any atom is 0.326 e. The van der Waals surface area contributed by atoms with E-state index in [1.54, 1.807) is 20.8 Å². The van der Waals surface area contributed by atoms with Crippen molar-refractivity contribution in [2.45, 2.75) is 71.1 Å². The van der Waals surface area contributed by atoms with Gasteiger partial charge in [-0.3, -0.25) is 19.2 Å². The Morgan fingerprint density at radius 3 is 1.87 bits per heavy atom. The van der Waals surface area contributed by atoms with Gasteiger partial charge in [0.15, 0.2) is 0 Å². The van der Waals surface area contributed by atoms with Crippen LogP contribution in [0.3, 0.4) is 0 Å². The third-order valence-electron chi connectivity index (χ3n) is 4.92. The van der Waals surface area contributed by atoms with Crippen molar-refractivity contribution in [3.63, 3.8) is 0 Å². The second-order valence-corrected chi connectivity index (χ2v) is 7.79. The van der Waals surface area contributed by atoms with Gasteiger partial charge in [-0.2, -0.15) is 0 Å². The number of aliphatic carboxylic acids is 1. The highest BCUT2D eigenvalue weighted by atomic mass is 16.4. The van der Waals surface area contributed by atoms with Gasteiger partial charge >= 0.3 is 5.97 Å². The van der Waals surface area contributed by atoms with E-state index < -0.39 is 60.4 Å². The van der Waals surface area contributed by atoms with Gasteiger partial charge in [0.1, 0.15) is 18.1 Å². The summed E-state index contributed by atoms with van der Waals surface area (Å²) >= 11 is 0. The molecule has 0 bridgehead atoms. The number of aliphatic hydroxyl groups is 1. The summed E-state index contributed by atoms with van der Waals surface area (Å²) in [6.07, 6.45) is 0.00620. The average Bonchev–Trinajstić information content (AvgIpc) is 2.70. The van der Waals surface area contributed by atoms with Gasteiger partial charge in [0.05, 0.1) is 12.6 Å². The van der Waals surface area contributed by atoms with Crippen LogP contribution in [0.1, 0.15) is 47.0 Å². The first-order chi connectivity index (χ1) is 14.3. The molecule has 5 unspecified atom stereocenters. The summed E-state index contributed by atoms with van der Waals surface area (Å²) in [5.41, 5.74) is 10.8. The summed E-state index contributed by atoms with van der Waals surface area (Å²) in [6, 6.07) is -4.75. The number of rotatable bonds is 14. The van der Waals surface area contributed by atoms with Crippen LogP contribution in [0.15, 0.2) is 0 Å². The van der Waals surface area contributed by atoms with E-state index in [9.17, 15) is 34.2 Å². The third-order valence-corrected chi connectivity index (χ3v) is 4.92. The van der Waals surface area contributed by atoms with Crippen LogP contribution in [0.2, 0.25) is 0 Å². The summed E-state index contributed by atoms with van der Waals surface area (Å²) in [5, 5.41) is 25.8. The molecule has 0 aromatic carbocycles. The number of aliphatic hydroxyl groups excluding tert-OH is 1. The lowest BCUT2D eigenvalue weighted by Crippen LogP contribution is -2.59. The SMILES string of the molecule is CCC(C)C(NC(=O)C(N)C(C)C)C(=O)NC(CO)C(=O)NC(CCC(N)=O)C(=O)O. The minimum absolute atomic E-state index is 0.162. The van der Waals surface area contributed by atoms with Gasteiger partial charge in [0, 0.05) is 6.42 Å². The number of carboxylic acids is 1. The standard InChI is InChI=1S/C19H35N5O7/c1-5-10(4)15(24-17(28)14(21)9(2)3)18(29)23-12(8-25)16(27)22-11(19(30)31)6-7-13(20)26/h9-12,14-15,25H,5-8,21H2,1-4H3,(H2,20,26)(H,22,27)(H,23,29)(H,24,28)(H,30,31). The smallest absolute Gasteiger partial charge is 0.326 e. The van der Waals surface area contributed by atoms with Crippen molar-refractivity contribution in [1.82, 2.24) is 16.0 Å². The highest BCUT2D eigenvalue weighted by Gasteiger charge is 2.32. The van der Waals surface area contributed by atoms with Gasteiger partial charge in [-0.15, -0.1) is 0 Å². The zero-order valence-electron chi connectivity index (χ0n) is 18.4. The number of amides is 4. The van der Waals surface area contributed by atoms with E-state index in [4.69, 9.17) is 11.5 Å². The molecule has 0 radical (unpaired) electrons. The molecule has 0 aromatic heterocycles. The zero-order valence-corrected chi connectivity index (χ0v) is 18.4. The van der Waals surface area contributed by atoms with Crippen molar-refractivity contribution in [2.24, 2.45) is 23.3 Å². The van der Waals surface area contributed by atoms with Gasteiger partial charge < -0.3 is 37.6 Å². The first-order valence-electron chi connectivity index (χ1n) is 10.1. The van der Waals surface area contributed by atoms with Crippen LogP contribution in [0.4, 0.5) is 0 Å². The normalized spacial score (nSPS) is 15.8. The van der Waals surface area contributed by atoms with E-state index in [1.165, 1.54) is 0 Å². The molecule has 0 fully saturated rings. The van der Waals surface area contributed by atoms with E-state index >= 15 is 0 Å². The second kappa shape index (κ2) is 13.5. The summed E-state index contributed by atoms with van der Waals surface area (Å²) in [7, 11) is 0. The molecule has 12 nitrogen and oxygen atoms in total. The van der Waals surface area contributed by atoms with E-state index in [0.29, 0.717) is 6.42 Å². The Morgan fingerprint density at radius 2 is 1.45 bits per heavy atom. The first-order valence-corrected chi connectivity index (χ1v) is 10.1. The van der Waals surface area contributed by atoms with Crippen molar-refractivity contribution in [2.75, 3.05) is 6.61 Å². The quantitative estimate of drug-likeness (QED) is 0.155. The fraction of sp³-hybridized carbons (Fsp3) is 0.737. The second-order valence-electron chi connectivity index (χ2n) is 7.79. The van der Waals surface area contributed by atoms with Crippen molar-refractivity contribution in [3.8, 4) is 0 Å². The Balaban J connectivity index is 5.29. The number of nitrogens with two attached hydrogens (primary N) is 2. The lowest BCUT2D eigenvalue weighted by molar-refractivity contribution is -0.143. The third kappa shape index (κ3) is 9.75. The van der Waals surface area contributed by atoms with Gasteiger partial charge in [0.25, 0.3) is 0 Å². The maximum absolute atomic E-state index is 12.7. The fourth-order valence-electron chi connectivity index (χ4n) is 2.53. The molecule has 12 heteroatoms. The minimum Gasteiger partial charge on any atom is -0.480 e. The highest BCUT2D eigenvalue weighted by Crippen LogP contribution is 2.10. The molecule has 31 heavy (non-hydrogen) atoms. The summed E-state index contributed by atoms with van der Waals surface area (Å²) in [4.78, 5) is 59.6. The number of carboxylic acid groups (broad SMARTS) is 1. The van der Waals surface area contributed by atoms with Crippen LogP contribution in [0.5, 0.6) is 0 Å². The van der Waals surface area contributed by atoms with Crippen LogP contribution >= 0.6 is 0 Å². The van der Waals surface area contributed by atoms with Crippen LogP contribution in [-0.4, -0.2) is 70.6 Å². The Kier molecular flexibility index (Phi) is 12.4. The van der Waals surface area contributed by atoms with Crippen molar-refractivity contribution < 1.29 is 34.2 Å². The topological polar surface area (TPSA) is 214 Å². The molecule has 0 aliphatic heterocycles.